The fourth-order valence-electron chi connectivity index (χ4n) is 1.45. The summed E-state index contributed by atoms with van der Waals surface area (Å²) in [6.07, 6.45) is 1.51. The highest BCUT2D eigenvalue weighted by Crippen LogP contribution is 2.06. The smallest absolute Gasteiger partial charge is 0.413 e. The van der Waals surface area contributed by atoms with Gasteiger partial charge in [0.25, 0.3) is 0 Å². The van der Waals surface area contributed by atoms with Gasteiger partial charge in [0.15, 0.2) is 0 Å². The molecule has 0 bridgehead atoms. The Hall–Kier alpha value is -2.69. The number of amides is 1. The molecule has 1 N–H and O–H groups in total. The molecule has 0 saturated heterocycles. The minimum Gasteiger partial charge on any atom is -0.444 e. The van der Waals surface area contributed by atoms with Crippen molar-refractivity contribution in [2.24, 2.45) is 0 Å². The maximum Gasteiger partial charge on any atom is 0.413 e. The van der Waals surface area contributed by atoms with Crippen molar-refractivity contribution >= 4 is 18.2 Å². The molecule has 1 amide bonds. The maximum atomic E-state index is 11.5. The lowest BCUT2D eigenvalue weighted by Crippen LogP contribution is -2.14. The van der Waals surface area contributed by atoms with Gasteiger partial charge in [0.1, 0.15) is 18.7 Å². The number of rotatable bonds is 4. The van der Waals surface area contributed by atoms with Crippen molar-refractivity contribution in [3.8, 4) is 0 Å². The number of benzene rings is 1. The number of hydrogen-bond acceptors (Lipinski definition) is 4. The Bertz CT molecular complexity index is 570. The van der Waals surface area contributed by atoms with Crippen LogP contribution in [0.25, 0.3) is 0 Å². The summed E-state index contributed by atoms with van der Waals surface area (Å²) in [5.41, 5.74) is 1.33. The molecule has 0 fully saturated rings. The second-order valence-corrected chi connectivity index (χ2v) is 3.78. The number of hydrogen-bond donors (Lipinski definition) is 1. The van der Waals surface area contributed by atoms with Gasteiger partial charge in [0, 0.05) is 11.8 Å². The molecule has 19 heavy (non-hydrogen) atoms. The molecule has 0 spiro atoms. The van der Waals surface area contributed by atoms with Gasteiger partial charge in [0.2, 0.25) is 0 Å². The fourth-order valence-corrected chi connectivity index (χ4v) is 1.45. The molecule has 96 valence electrons. The van der Waals surface area contributed by atoms with E-state index in [0.717, 1.165) is 5.56 Å². The van der Waals surface area contributed by atoms with Gasteiger partial charge >= 0.3 is 6.09 Å². The van der Waals surface area contributed by atoms with Crippen LogP contribution in [0.3, 0.4) is 0 Å². The molecule has 1 heterocycles. The number of nitrogens with zero attached hydrogens (tertiary/aromatic N) is 1. The molecule has 2 aromatic rings. The summed E-state index contributed by atoms with van der Waals surface area (Å²) >= 11 is 0. The van der Waals surface area contributed by atoms with Crippen LogP contribution in [-0.2, 0) is 11.3 Å². The van der Waals surface area contributed by atoms with Crippen molar-refractivity contribution in [2.45, 2.75) is 6.61 Å². The highest BCUT2D eigenvalue weighted by Gasteiger charge is 2.05. The van der Waals surface area contributed by atoms with E-state index in [-0.39, 0.29) is 12.4 Å². The SMILES string of the molecule is O=Cc1ccnc(NC(=O)OCc2ccccc2)c1. The van der Waals surface area contributed by atoms with E-state index in [2.05, 4.69) is 10.3 Å². The van der Waals surface area contributed by atoms with E-state index in [1.807, 2.05) is 30.3 Å². The number of nitrogens with one attached hydrogen (secondary N) is 1. The molecule has 0 atom stereocenters. The summed E-state index contributed by atoms with van der Waals surface area (Å²) in [5, 5.41) is 2.46. The van der Waals surface area contributed by atoms with E-state index in [0.29, 0.717) is 11.8 Å². The van der Waals surface area contributed by atoms with Crippen LogP contribution in [0, 0.1) is 0 Å². The van der Waals surface area contributed by atoms with Crippen LogP contribution in [0.2, 0.25) is 0 Å². The first-order chi connectivity index (χ1) is 9.28. The Morgan fingerprint density at radius 3 is 2.79 bits per heavy atom. The van der Waals surface area contributed by atoms with Crippen LogP contribution in [-0.4, -0.2) is 17.4 Å². The zero-order chi connectivity index (χ0) is 13.5. The molecule has 5 nitrogen and oxygen atoms in total. The van der Waals surface area contributed by atoms with E-state index < -0.39 is 6.09 Å². The third-order valence-electron chi connectivity index (χ3n) is 2.36. The van der Waals surface area contributed by atoms with Crippen molar-refractivity contribution < 1.29 is 14.3 Å². The number of carbonyl (C=O) groups excluding carboxylic acids is 2. The first kappa shape index (κ1) is 12.8. The van der Waals surface area contributed by atoms with E-state index >= 15 is 0 Å². The Morgan fingerprint density at radius 2 is 2.05 bits per heavy atom. The van der Waals surface area contributed by atoms with Gasteiger partial charge in [-0.05, 0) is 17.7 Å². The summed E-state index contributed by atoms with van der Waals surface area (Å²) in [7, 11) is 0. The van der Waals surface area contributed by atoms with Gasteiger partial charge in [-0.25, -0.2) is 9.78 Å². The number of pyridine rings is 1. The van der Waals surface area contributed by atoms with E-state index in [4.69, 9.17) is 4.74 Å². The van der Waals surface area contributed by atoms with Gasteiger partial charge < -0.3 is 4.74 Å². The number of ether oxygens (including phenoxy) is 1. The van der Waals surface area contributed by atoms with Crippen molar-refractivity contribution in [3.63, 3.8) is 0 Å². The van der Waals surface area contributed by atoms with Crippen molar-refractivity contribution in [2.75, 3.05) is 5.32 Å². The van der Waals surface area contributed by atoms with Crippen LogP contribution >= 0.6 is 0 Å². The zero-order valence-corrected chi connectivity index (χ0v) is 10.1. The van der Waals surface area contributed by atoms with E-state index in [1.54, 1.807) is 6.07 Å². The first-order valence-electron chi connectivity index (χ1n) is 5.67. The Labute approximate surface area is 110 Å². The highest BCUT2D eigenvalue weighted by atomic mass is 16.5. The van der Waals surface area contributed by atoms with Crippen LogP contribution in [0.15, 0.2) is 48.7 Å². The number of anilines is 1. The van der Waals surface area contributed by atoms with E-state index in [9.17, 15) is 9.59 Å². The number of aldehydes is 1. The standard InChI is InChI=1S/C14H12N2O3/c17-9-12-6-7-15-13(8-12)16-14(18)19-10-11-4-2-1-3-5-11/h1-9H,10H2,(H,15,16,18). The minimum atomic E-state index is -0.612. The van der Waals surface area contributed by atoms with Crippen LogP contribution in [0.1, 0.15) is 15.9 Å². The molecule has 0 unspecified atom stereocenters. The topological polar surface area (TPSA) is 68.3 Å². The van der Waals surface area contributed by atoms with Crippen molar-refractivity contribution in [3.05, 3.63) is 59.8 Å². The Kier molecular flexibility index (Phi) is 4.23. The highest BCUT2D eigenvalue weighted by molar-refractivity contribution is 5.85. The summed E-state index contributed by atoms with van der Waals surface area (Å²) < 4.78 is 5.03. The maximum absolute atomic E-state index is 11.5. The first-order valence-corrected chi connectivity index (χ1v) is 5.67. The predicted octanol–water partition coefficient (Wildman–Crippen LogP) is 2.64. The zero-order valence-electron chi connectivity index (χ0n) is 10.1. The van der Waals surface area contributed by atoms with E-state index in [1.165, 1.54) is 12.3 Å². The van der Waals surface area contributed by atoms with Crippen LogP contribution < -0.4 is 5.32 Å². The lowest BCUT2D eigenvalue weighted by molar-refractivity contribution is 0.112. The fraction of sp³-hybridized carbons (Fsp3) is 0.0714. The third kappa shape index (κ3) is 3.92. The minimum absolute atomic E-state index is 0.181. The molecule has 5 heteroatoms. The average Bonchev–Trinajstić information content (AvgIpc) is 2.46. The molecule has 1 aromatic heterocycles. The lowest BCUT2D eigenvalue weighted by Gasteiger charge is -2.06. The monoisotopic (exact) mass is 256 g/mol. The molecule has 0 aliphatic rings. The molecule has 0 radical (unpaired) electrons. The van der Waals surface area contributed by atoms with Gasteiger partial charge in [-0.15, -0.1) is 0 Å². The molecule has 0 saturated carbocycles. The molecular weight excluding hydrogens is 244 g/mol. The summed E-state index contributed by atoms with van der Waals surface area (Å²) in [4.78, 5) is 26.0. The largest absolute Gasteiger partial charge is 0.444 e. The molecule has 1 aromatic carbocycles. The van der Waals surface area contributed by atoms with Crippen LogP contribution in [0.5, 0.6) is 0 Å². The van der Waals surface area contributed by atoms with Crippen LogP contribution in [0.4, 0.5) is 10.6 Å². The lowest BCUT2D eigenvalue weighted by atomic mass is 10.2. The molecular formula is C14H12N2O3. The second-order valence-electron chi connectivity index (χ2n) is 3.78. The number of carbonyl (C=O) groups is 2. The molecule has 0 aliphatic carbocycles. The van der Waals surface area contributed by atoms with Crippen molar-refractivity contribution in [1.29, 1.82) is 0 Å². The summed E-state index contributed by atoms with van der Waals surface area (Å²) in [6, 6.07) is 12.4. The van der Waals surface area contributed by atoms with Crippen molar-refractivity contribution in [1.82, 2.24) is 4.98 Å². The van der Waals surface area contributed by atoms with Gasteiger partial charge in [-0.1, -0.05) is 30.3 Å². The molecule has 2 rings (SSSR count). The summed E-state index contributed by atoms with van der Waals surface area (Å²) in [5.74, 6) is 0.280. The normalized spacial score (nSPS) is 9.68. The van der Waals surface area contributed by atoms with Gasteiger partial charge in [-0.3, -0.25) is 10.1 Å². The Morgan fingerprint density at radius 1 is 1.26 bits per heavy atom. The van der Waals surface area contributed by atoms with Gasteiger partial charge in [-0.2, -0.15) is 0 Å². The number of aromatic nitrogens is 1. The quantitative estimate of drug-likeness (QED) is 0.854. The second kappa shape index (κ2) is 6.30. The predicted molar refractivity (Wildman–Crippen MR) is 69.9 cm³/mol. The third-order valence-corrected chi connectivity index (χ3v) is 2.36. The Balaban J connectivity index is 1.89. The van der Waals surface area contributed by atoms with Gasteiger partial charge in [0.05, 0.1) is 0 Å². The average molecular weight is 256 g/mol. The summed E-state index contributed by atoms with van der Waals surface area (Å²) in [6.45, 7) is 0.181. The molecule has 0 aliphatic heterocycles.